The van der Waals surface area contributed by atoms with Crippen LogP contribution in [0, 0.1) is 0 Å². The molecule has 3 aromatic carbocycles. The van der Waals surface area contributed by atoms with Crippen LogP contribution >= 0.6 is 46.4 Å². The minimum Gasteiger partial charge on any atom is -0.545 e. The summed E-state index contributed by atoms with van der Waals surface area (Å²) in [5.74, 6) is -0.0123. The summed E-state index contributed by atoms with van der Waals surface area (Å²) < 4.78 is 32.2. The number of rotatable bonds is 21. The van der Waals surface area contributed by atoms with Gasteiger partial charge >= 0.3 is 0 Å². The van der Waals surface area contributed by atoms with Gasteiger partial charge in [0.1, 0.15) is 24.6 Å². The minimum absolute atomic E-state index is 0.104. The molecule has 346 valence electrons. The highest BCUT2D eigenvalue weighted by Gasteiger charge is 2.38. The van der Waals surface area contributed by atoms with E-state index in [0.29, 0.717) is 62.6 Å². The van der Waals surface area contributed by atoms with Gasteiger partial charge in [0.15, 0.2) is 0 Å². The van der Waals surface area contributed by atoms with Crippen molar-refractivity contribution in [2.24, 2.45) is 0 Å². The van der Waals surface area contributed by atoms with E-state index in [-0.39, 0.29) is 44.9 Å². The number of hydrogen-bond donors (Lipinski definition) is 1. The van der Waals surface area contributed by atoms with Gasteiger partial charge < -0.3 is 43.8 Å². The monoisotopic (exact) mass is 957 g/mol. The number of fused-ring (bicyclic) bond motifs is 4. The van der Waals surface area contributed by atoms with Crippen LogP contribution in [0.3, 0.4) is 0 Å². The molecule has 0 bridgehead atoms. The number of halogens is 4. The van der Waals surface area contributed by atoms with Gasteiger partial charge in [-0.3, -0.25) is 4.79 Å². The van der Waals surface area contributed by atoms with Gasteiger partial charge in [-0.05, 0) is 81.9 Å². The normalized spacial score (nSPS) is 16.3. The summed E-state index contributed by atoms with van der Waals surface area (Å²) in [6.07, 6.45) is 13.9. The molecule has 0 spiro atoms. The molecule has 0 radical (unpaired) electrons. The van der Waals surface area contributed by atoms with Crippen molar-refractivity contribution in [3.63, 3.8) is 0 Å². The minimum atomic E-state index is -1.54. The maximum absolute atomic E-state index is 14.1. The van der Waals surface area contributed by atoms with E-state index in [4.69, 9.17) is 70.1 Å². The largest absolute Gasteiger partial charge is 0.545 e. The number of amides is 1. The zero-order chi connectivity index (χ0) is 44.6. The third-order valence-corrected chi connectivity index (χ3v) is 14.5. The second kappa shape index (κ2) is 22.6. The van der Waals surface area contributed by atoms with Crippen LogP contribution in [-0.4, -0.2) is 103 Å². The van der Waals surface area contributed by atoms with Crippen LogP contribution in [-0.2, 0) is 44.6 Å². The van der Waals surface area contributed by atoms with E-state index in [1.165, 1.54) is 22.2 Å². The van der Waals surface area contributed by atoms with Crippen LogP contribution in [0.5, 0.6) is 11.5 Å². The van der Waals surface area contributed by atoms with E-state index >= 15 is 0 Å². The Morgan fingerprint density at radius 1 is 0.688 bits per heavy atom. The lowest BCUT2D eigenvalue weighted by atomic mass is 9.82. The van der Waals surface area contributed by atoms with Gasteiger partial charge in [0.2, 0.25) is 5.36 Å². The highest BCUT2D eigenvalue weighted by molar-refractivity contribution is 6.48. The molecule has 0 saturated carbocycles. The van der Waals surface area contributed by atoms with E-state index in [1.807, 2.05) is 0 Å². The molecule has 64 heavy (non-hydrogen) atoms. The molecule has 15 heteroatoms. The number of hydrogen-bond acceptors (Lipinski definition) is 9. The van der Waals surface area contributed by atoms with Crippen molar-refractivity contribution < 1.29 is 38.4 Å². The standard InChI is InChI=1S/C49H59Cl4N3O8/c50-15-5-1-2-8-21-60-23-25-62-27-28-63-26-24-61-22-16-54-48(57)40-41(51)38(39(49(58)59)42(52)43(40)53)37-35-29-31-11-3-6-17-55-19-9-13-33(44(31)55)46(35)64-47-34-14-10-20-56-18-7-4-12-32(45(34)56)30-36(37)47/h29-30H,1-28H2,(H-,54,57,58,59). The van der Waals surface area contributed by atoms with Gasteiger partial charge in [-0.2, -0.15) is 0 Å². The number of unbranched alkanes of at least 4 members (excludes halogenated alkanes) is 3. The Hall–Kier alpha value is -3.13. The first-order valence-electron chi connectivity index (χ1n) is 23.3. The molecule has 0 fully saturated rings. The first-order valence-corrected chi connectivity index (χ1v) is 25.0. The molecule has 0 aromatic heterocycles. The number of carbonyl (C=O) groups excluding carboxylic acids is 2. The molecule has 11 nitrogen and oxygen atoms in total. The Morgan fingerprint density at radius 2 is 1.34 bits per heavy atom. The number of anilines is 1. The van der Waals surface area contributed by atoms with E-state index in [1.54, 1.807) is 0 Å². The van der Waals surface area contributed by atoms with Crippen molar-refractivity contribution in [1.82, 2.24) is 9.89 Å². The number of nitrogens with one attached hydrogen (secondary N) is 1. The zero-order valence-corrected chi connectivity index (χ0v) is 39.6. The fourth-order valence-electron chi connectivity index (χ4n) is 10.1. The van der Waals surface area contributed by atoms with Crippen molar-refractivity contribution in [1.29, 1.82) is 0 Å². The Labute approximate surface area is 395 Å². The molecule has 3 aromatic rings. The molecule has 0 aliphatic carbocycles. The van der Waals surface area contributed by atoms with Crippen LogP contribution in [0.2, 0.25) is 15.1 Å². The third kappa shape index (κ3) is 10.2. The van der Waals surface area contributed by atoms with Gasteiger partial charge in [0.25, 0.3) is 5.91 Å². The Morgan fingerprint density at radius 3 is 2.11 bits per heavy atom. The van der Waals surface area contributed by atoms with Crippen molar-refractivity contribution in [3.05, 3.63) is 82.3 Å². The zero-order valence-electron chi connectivity index (χ0n) is 36.6. The maximum Gasteiger partial charge on any atom is 0.254 e. The summed E-state index contributed by atoms with van der Waals surface area (Å²) in [4.78, 5) is 29.9. The average molecular weight is 960 g/mol. The Kier molecular flexibility index (Phi) is 16.7. The molecular formula is C49H59Cl4N3O8. The molecule has 0 atom stereocenters. The molecule has 5 heterocycles. The summed E-state index contributed by atoms with van der Waals surface area (Å²) in [6, 6.07) is 4.32. The third-order valence-electron chi connectivity index (χ3n) is 13.0. The predicted molar refractivity (Wildman–Crippen MR) is 250 cm³/mol. The predicted octanol–water partition coefficient (Wildman–Crippen LogP) is 6.82. The first kappa shape index (κ1) is 47.4. The second-order valence-corrected chi connectivity index (χ2v) is 18.7. The molecule has 5 aliphatic rings. The summed E-state index contributed by atoms with van der Waals surface area (Å²) in [7, 11) is 0. The molecule has 1 N–H and O–H groups in total. The lowest BCUT2D eigenvalue weighted by molar-refractivity contribution is -0.255. The molecule has 1 amide bonds. The van der Waals surface area contributed by atoms with Crippen molar-refractivity contribution in [2.75, 3.05) is 96.4 Å². The summed E-state index contributed by atoms with van der Waals surface area (Å²) in [5, 5.41) is 17.5. The average Bonchev–Trinajstić information content (AvgIpc) is 3.64. The SMILES string of the molecule is O=C(NCCOCCOCCOCCOCCCCCCCl)c1c(Cl)c(Cl)c(C(=O)[O-])c(C2=c3cc4c5c(c3Oc3c2cc2c6c3CCCN6CCCC2)CCC[N+]=5CCCC4)c1Cl. The van der Waals surface area contributed by atoms with Gasteiger partial charge in [-0.25, -0.2) is 4.58 Å². The number of ether oxygens (including phenoxy) is 5. The van der Waals surface area contributed by atoms with E-state index in [0.717, 1.165) is 145 Å². The molecule has 0 saturated heterocycles. The summed E-state index contributed by atoms with van der Waals surface area (Å²) >= 11 is 26.9. The second-order valence-electron chi connectivity index (χ2n) is 17.2. The van der Waals surface area contributed by atoms with Crippen molar-refractivity contribution in [3.8, 4) is 11.5 Å². The van der Waals surface area contributed by atoms with Crippen LogP contribution in [0.4, 0.5) is 5.69 Å². The van der Waals surface area contributed by atoms with Crippen LogP contribution in [0.15, 0.2) is 12.1 Å². The van der Waals surface area contributed by atoms with Crippen molar-refractivity contribution in [2.45, 2.75) is 89.9 Å². The summed E-state index contributed by atoms with van der Waals surface area (Å²) in [5.41, 5.74) is 6.82. The number of carboxylic acid groups (broad SMARTS) is 1. The van der Waals surface area contributed by atoms with Gasteiger partial charge in [0, 0.05) is 89.3 Å². The van der Waals surface area contributed by atoms with Crippen molar-refractivity contribution >= 4 is 69.5 Å². The van der Waals surface area contributed by atoms with E-state index in [2.05, 4.69) is 26.9 Å². The quantitative estimate of drug-likeness (QED) is 0.0415. The van der Waals surface area contributed by atoms with Crippen LogP contribution < -0.4 is 35.2 Å². The van der Waals surface area contributed by atoms with E-state index < -0.39 is 11.9 Å². The lowest BCUT2D eigenvalue weighted by Crippen LogP contribution is -2.41. The van der Waals surface area contributed by atoms with Gasteiger partial charge in [-0.15, -0.1) is 11.6 Å². The van der Waals surface area contributed by atoms with E-state index in [9.17, 15) is 14.7 Å². The van der Waals surface area contributed by atoms with Gasteiger partial charge in [0.05, 0.1) is 78.4 Å². The maximum atomic E-state index is 14.1. The van der Waals surface area contributed by atoms with Gasteiger partial charge in [-0.1, -0.05) is 47.6 Å². The number of aromatic carboxylic acids is 1. The fourth-order valence-corrected chi connectivity index (χ4v) is 11.3. The lowest BCUT2D eigenvalue weighted by Gasteiger charge is -2.36. The van der Waals surface area contributed by atoms with Crippen LogP contribution in [0.25, 0.3) is 5.57 Å². The fraction of sp³-hybridized carbons (Fsp3) is 0.571. The number of aryl methyl sites for hydroxylation is 2. The summed E-state index contributed by atoms with van der Waals surface area (Å²) in [6.45, 7) is 7.56. The smallest absolute Gasteiger partial charge is 0.254 e. The molecule has 8 rings (SSSR count). The highest BCUT2D eigenvalue weighted by Crippen LogP contribution is 2.51. The molecule has 0 unspecified atom stereocenters. The first-order chi connectivity index (χ1) is 31.3. The number of benzene rings is 3. The highest BCUT2D eigenvalue weighted by atomic mass is 35.5. The number of nitrogens with zero attached hydrogens (tertiary/aromatic N) is 2. The Bertz CT molecular complexity index is 2360. The van der Waals surface area contributed by atoms with Crippen LogP contribution in [0.1, 0.15) is 118 Å². The molecule has 5 aliphatic heterocycles. The number of alkyl halides is 1. The molecular weight excluding hydrogens is 900 g/mol. The Balaban J connectivity index is 1.04. The topological polar surface area (TPSA) is 122 Å². The number of carboxylic acids is 1. The number of carbonyl (C=O) groups is 2.